The molecule has 1 N–H and O–H groups in total. The normalized spacial score (nSPS) is 12.1. The molecule has 1 rings (SSSR count). The van der Waals surface area contributed by atoms with Gasteiger partial charge in [-0.25, -0.2) is 4.79 Å². The first-order valence-corrected chi connectivity index (χ1v) is 5.04. The Hall–Kier alpha value is -1.23. The summed E-state index contributed by atoms with van der Waals surface area (Å²) in [7, 11) is 0. The fraction of sp³-hybridized carbons (Fsp3) is 0.222. The predicted molar refractivity (Wildman–Crippen MR) is 51.4 cm³/mol. The smallest absolute Gasteiger partial charge is 0.378 e. The molecule has 3 nitrogen and oxygen atoms in total. The lowest BCUT2D eigenvalue weighted by atomic mass is 10.3. The number of hydrogen-bond acceptors (Lipinski definition) is 3. The molecule has 5 heteroatoms. The minimum absolute atomic E-state index is 0.245. The topological polar surface area (TPSA) is 46.5 Å². The zero-order chi connectivity index (χ0) is 10.6. The van der Waals surface area contributed by atoms with Gasteiger partial charge in [0.25, 0.3) is 0 Å². The average molecular weight is 216 g/mol. The number of aliphatic carboxylic acids is 1. The number of rotatable bonds is 4. The number of carboxylic acid groups (broad SMARTS) is 1. The van der Waals surface area contributed by atoms with Crippen LogP contribution in [-0.2, 0) is 4.79 Å². The third kappa shape index (κ3) is 2.63. The van der Waals surface area contributed by atoms with Crippen molar-refractivity contribution >= 4 is 17.7 Å². The van der Waals surface area contributed by atoms with E-state index in [4.69, 9.17) is 5.11 Å². The molecule has 0 bridgehead atoms. The Labute approximate surface area is 84.9 Å². The highest BCUT2D eigenvalue weighted by Crippen LogP contribution is 2.27. The van der Waals surface area contributed by atoms with E-state index in [0.717, 1.165) is 0 Å². The van der Waals surface area contributed by atoms with E-state index in [0.29, 0.717) is 4.90 Å². The lowest BCUT2D eigenvalue weighted by Crippen LogP contribution is -2.21. The van der Waals surface area contributed by atoms with Crippen LogP contribution in [0.4, 0.5) is 4.39 Å². The number of carbonyl (C=O) groups is 1. The second-order valence-corrected chi connectivity index (χ2v) is 3.27. The van der Waals surface area contributed by atoms with E-state index in [-0.39, 0.29) is 5.75 Å². The molecule has 1 unspecified atom stereocenters. The number of thioether (sulfide) groups is 1. The van der Waals surface area contributed by atoms with Crippen LogP contribution >= 0.6 is 11.8 Å². The Morgan fingerprint density at radius 2 is 2.21 bits per heavy atom. The van der Waals surface area contributed by atoms with Crippen LogP contribution in [0.15, 0.2) is 29.2 Å². The Morgan fingerprint density at radius 1 is 1.57 bits per heavy atom. The van der Waals surface area contributed by atoms with Crippen LogP contribution in [0, 0.1) is 0 Å². The van der Waals surface area contributed by atoms with Gasteiger partial charge in [-0.3, -0.25) is 0 Å². The summed E-state index contributed by atoms with van der Waals surface area (Å²) in [5, 5.41) is 8.30. The van der Waals surface area contributed by atoms with Gasteiger partial charge in [-0.1, -0.05) is 12.1 Å². The second-order valence-electron chi connectivity index (χ2n) is 2.42. The van der Waals surface area contributed by atoms with Gasteiger partial charge in [-0.05, 0) is 18.4 Å². The summed E-state index contributed by atoms with van der Waals surface area (Å²) >= 11 is 1.36. The largest absolute Gasteiger partial charge is 0.476 e. The monoisotopic (exact) mass is 216 g/mol. The highest BCUT2D eigenvalue weighted by molar-refractivity contribution is 7.98. The Balaban J connectivity index is 2.80. The van der Waals surface area contributed by atoms with Crippen molar-refractivity contribution in [2.24, 2.45) is 0 Å². The average Bonchev–Trinajstić information content (AvgIpc) is 2.18. The van der Waals surface area contributed by atoms with E-state index in [1.54, 1.807) is 24.5 Å². The standard InChI is InChI=1S/C9H9FO3S/c1-14-7-5-3-2-4-6(7)13-8(10)9(11)12/h2-5,8H,1H3,(H,11,12). The molecule has 0 aliphatic heterocycles. The minimum Gasteiger partial charge on any atom is -0.476 e. The molecule has 0 spiro atoms. The first-order valence-electron chi connectivity index (χ1n) is 3.81. The van der Waals surface area contributed by atoms with Crippen LogP contribution in [0.1, 0.15) is 0 Å². The van der Waals surface area contributed by atoms with E-state index in [1.165, 1.54) is 17.8 Å². The summed E-state index contributed by atoms with van der Waals surface area (Å²) in [6.07, 6.45) is -0.515. The van der Waals surface area contributed by atoms with Crippen molar-refractivity contribution in [3.8, 4) is 5.75 Å². The summed E-state index contributed by atoms with van der Waals surface area (Å²) in [5.41, 5.74) is 0. The van der Waals surface area contributed by atoms with E-state index in [2.05, 4.69) is 4.74 Å². The molecule has 0 aromatic heterocycles. The van der Waals surface area contributed by atoms with Crippen molar-refractivity contribution in [1.82, 2.24) is 0 Å². The molecule has 76 valence electrons. The van der Waals surface area contributed by atoms with Crippen molar-refractivity contribution in [2.75, 3.05) is 6.26 Å². The molecule has 0 aliphatic rings. The van der Waals surface area contributed by atoms with Crippen LogP contribution in [0.25, 0.3) is 0 Å². The van der Waals surface area contributed by atoms with Crippen molar-refractivity contribution in [2.45, 2.75) is 11.3 Å². The van der Waals surface area contributed by atoms with Crippen LogP contribution in [0.5, 0.6) is 5.75 Å². The second kappa shape index (κ2) is 4.85. The first-order chi connectivity index (χ1) is 6.65. The number of benzene rings is 1. The lowest BCUT2D eigenvalue weighted by Gasteiger charge is -2.10. The van der Waals surface area contributed by atoms with Gasteiger partial charge in [0.15, 0.2) is 0 Å². The predicted octanol–water partition coefficient (Wildman–Crippen LogP) is 2.17. The number of para-hydroxylation sites is 1. The molecule has 0 radical (unpaired) electrons. The quantitative estimate of drug-likeness (QED) is 0.783. The Bertz CT molecular complexity index is 330. The molecular formula is C9H9FO3S. The number of ether oxygens (including phenoxy) is 1. The minimum atomic E-state index is -2.32. The van der Waals surface area contributed by atoms with Crippen LogP contribution < -0.4 is 4.74 Å². The van der Waals surface area contributed by atoms with Crippen molar-refractivity contribution in [3.63, 3.8) is 0 Å². The summed E-state index contributed by atoms with van der Waals surface area (Å²) in [6, 6.07) is 6.69. The lowest BCUT2D eigenvalue weighted by molar-refractivity contribution is -0.153. The van der Waals surface area contributed by atoms with E-state index >= 15 is 0 Å². The summed E-state index contributed by atoms with van der Waals surface area (Å²) in [4.78, 5) is 10.9. The maximum absolute atomic E-state index is 12.7. The zero-order valence-electron chi connectivity index (χ0n) is 7.44. The fourth-order valence-corrected chi connectivity index (χ4v) is 1.41. The van der Waals surface area contributed by atoms with Gasteiger partial charge in [0.05, 0.1) is 0 Å². The maximum Gasteiger partial charge on any atom is 0.378 e. The Kier molecular flexibility index (Phi) is 3.76. The Morgan fingerprint density at radius 3 is 2.79 bits per heavy atom. The van der Waals surface area contributed by atoms with Crippen LogP contribution in [-0.4, -0.2) is 23.7 Å². The van der Waals surface area contributed by atoms with E-state index < -0.39 is 12.3 Å². The highest BCUT2D eigenvalue weighted by Gasteiger charge is 2.18. The summed E-state index contributed by atoms with van der Waals surface area (Å²) < 4.78 is 17.3. The fourth-order valence-electron chi connectivity index (χ4n) is 0.878. The molecule has 0 amide bonds. The highest BCUT2D eigenvalue weighted by atomic mass is 32.2. The SMILES string of the molecule is CSc1ccccc1OC(F)C(=O)O. The molecular weight excluding hydrogens is 207 g/mol. The number of hydrogen-bond donors (Lipinski definition) is 1. The van der Waals surface area contributed by atoms with Gasteiger partial charge in [-0.15, -0.1) is 11.8 Å². The summed E-state index contributed by atoms with van der Waals surface area (Å²) in [5.74, 6) is -1.38. The molecule has 0 saturated heterocycles. The molecule has 14 heavy (non-hydrogen) atoms. The number of alkyl halides is 1. The molecule has 1 aromatic carbocycles. The first kappa shape index (κ1) is 10.8. The maximum atomic E-state index is 12.7. The van der Waals surface area contributed by atoms with E-state index in [1.807, 2.05) is 0 Å². The molecule has 0 fully saturated rings. The molecule has 0 aliphatic carbocycles. The van der Waals surface area contributed by atoms with E-state index in [9.17, 15) is 9.18 Å². The number of carboxylic acids is 1. The molecule has 0 heterocycles. The molecule has 0 saturated carbocycles. The van der Waals surface area contributed by atoms with Gasteiger partial charge >= 0.3 is 12.3 Å². The van der Waals surface area contributed by atoms with Gasteiger partial charge < -0.3 is 9.84 Å². The summed E-state index contributed by atoms with van der Waals surface area (Å²) in [6.45, 7) is 0. The van der Waals surface area contributed by atoms with Crippen molar-refractivity contribution < 1.29 is 19.0 Å². The zero-order valence-corrected chi connectivity index (χ0v) is 8.25. The van der Waals surface area contributed by atoms with Gasteiger partial charge in [-0.2, -0.15) is 4.39 Å². The number of halogens is 1. The van der Waals surface area contributed by atoms with Gasteiger partial charge in [0.2, 0.25) is 0 Å². The third-order valence-electron chi connectivity index (χ3n) is 1.49. The molecule has 1 aromatic rings. The van der Waals surface area contributed by atoms with Crippen molar-refractivity contribution in [1.29, 1.82) is 0 Å². The van der Waals surface area contributed by atoms with Crippen LogP contribution in [0.2, 0.25) is 0 Å². The van der Waals surface area contributed by atoms with Gasteiger partial charge in [0, 0.05) is 4.90 Å². The van der Waals surface area contributed by atoms with Crippen molar-refractivity contribution in [3.05, 3.63) is 24.3 Å². The molecule has 1 atom stereocenters. The van der Waals surface area contributed by atoms with Crippen LogP contribution in [0.3, 0.4) is 0 Å². The van der Waals surface area contributed by atoms with Gasteiger partial charge in [0.1, 0.15) is 5.75 Å². The third-order valence-corrected chi connectivity index (χ3v) is 2.27.